The number of carbonyl (C=O) groups excluding carboxylic acids is 1. The summed E-state index contributed by atoms with van der Waals surface area (Å²) in [6, 6.07) is 21.5. The van der Waals surface area contributed by atoms with Crippen molar-refractivity contribution in [3.8, 4) is 0 Å². The number of benzene rings is 3. The molecule has 6 heteroatoms. The molecule has 1 saturated heterocycles. The summed E-state index contributed by atoms with van der Waals surface area (Å²) in [5.41, 5.74) is 10.2. The Morgan fingerprint density at radius 3 is 2.22 bits per heavy atom. The molecule has 0 aliphatic carbocycles. The molecule has 0 radical (unpaired) electrons. The topological polar surface area (TPSA) is 61.6 Å². The van der Waals surface area contributed by atoms with Crippen molar-refractivity contribution in [3.05, 3.63) is 96.3 Å². The standard InChI is InChI=1S/C26H27FN4O/c1-19(18-30-14-16-31(17-15-30)25-9-5-2-6-22(25)27)20-10-12-21(13-11-20)26(32)29-24-8-4-3-7-23(24)28/h2-13H,1,14-18,28H2,(H,29,32). The summed E-state index contributed by atoms with van der Waals surface area (Å²) in [5, 5.41) is 2.84. The average molecular weight is 431 g/mol. The summed E-state index contributed by atoms with van der Waals surface area (Å²) < 4.78 is 14.0. The van der Waals surface area contributed by atoms with Crippen LogP contribution in [0.15, 0.2) is 79.4 Å². The summed E-state index contributed by atoms with van der Waals surface area (Å²) in [4.78, 5) is 16.9. The molecule has 0 aromatic heterocycles. The minimum atomic E-state index is -0.204. The van der Waals surface area contributed by atoms with Gasteiger partial charge in [-0.1, -0.05) is 43.0 Å². The van der Waals surface area contributed by atoms with Crippen molar-refractivity contribution in [3.63, 3.8) is 0 Å². The number of nitrogens with zero attached hydrogens (tertiary/aromatic N) is 2. The predicted octanol–water partition coefficient (Wildman–Crippen LogP) is 4.50. The van der Waals surface area contributed by atoms with Crippen LogP contribution in [0.2, 0.25) is 0 Å². The number of hydrogen-bond donors (Lipinski definition) is 2. The first-order valence-corrected chi connectivity index (χ1v) is 10.7. The van der Waals surface area contributed by atoms with E-state index in [2.05, 4.69) is 21.7 Å². The lowest BCUT2D eigenvalue weighted by molar-refractivity contribution is 0.102. The van der Waals surface area contributed by atoms with Crippen molar-refractivity contribution in [1.29, 1.82) is 0 Å². The molecule has 3 aromatic carbocycles. The Bertz CT molecular complexity index is 1100. The van der Waals surface area contributed by atoms with Crippen LogP contribution in [0.5, 0.6) is 0 Å². The van der Waals surface area contributed by atoms with Crippen molar-refractivity contribution in [2.24, 2.45) is 0 Å². The lowest BCUT2D eigenvalue weighted by atomic mass is 10.0. The van der Waals surface area contributed by atoms with Crippen molar-refractivity contribution in [2.45, 2.75) is 0 Å². The Morgan fingerprint density at radius 1 is 0.906 bits per heavy atom. The second-order valence-electron chi connectivity index (χ2n) is 7.94. The zero-order valence-electron chi connectivity index (χ0n) is 17.9. The number of anilines is 3. The molecule has 0 spiro atoms. The number of amides is 1. The SMILES string of the molecule is C=C(CN1CCN(c2ccccc2F)CC1)c1ccc(C(=O)Nc2ccccc2N)cc1. The maximum Gasteiger partial charge on any atom is 0.255 e. The van der Waals surface area contributed by atoms with E-state index in [-0.39, 0.29) is 11.7 Å². The fraction of sp³-hybridized carbons (Fsp3) is 0.192. The minimum absolute atomic E-state index is 0.176. The van der Waals surface area contributed by atoms with Crippen LogP contribution in [-0.2, 0) is 0 Å². The van der Waals surface area contributed by atoms with Crippen LogP contribution in [0.3, 0.4) is 0 Å². The van der Waals surface area contributed by atoms with Gasteiger partial charge >= 0.3 is 0 Å². The third kappa shape index (κ3) is 4.98. The Hall–Kier alpha value is -3.64. The van der Waals surface area contributed by atoms with Crippen LogP contribution >= 0.6 is 0 Å². The number of piperazine rings is 1. The number of nitrogens with one attached hydrogen (secondary N) is 1. The van der Waals surface area contributed by atoms with Gasteiger partial charge in [-0.3, -0.25) is 9.69 Å². The molecule has 32 heavy (non-hydrogen) atoms. The fourth-order valence-corrected chi connectivity index (χ4v) is 3.88. The lowest BCUT2D eigenvalue weighted by Gasteiger charge is -2.36. The number of nitrogen functional groups attached to an aromatic ring is 1. The van der Waals surface area contributed by atoms with Crippen LogP contribution in [0.4, 0.5) is 21.5 Å². The molecule has 5 nitrogen and oxygen atoms in total. The van der Waals surface area contributed by atoms with E-state index in [1.54, 1.807) is 30.3 Å². The highest BCUT2D eigenvalue weighted by atomic mass is 19.1. The number of carbonyl (C=O) groups is 1. The van der Waals surface area contributed by atoms with Crippen molar-refractivity contribution in [1.82, 2.24) is 4.90 Å². The molecule has 1 amide bonds. The normalized spacial score (nSPS) is 14.2. The summed E-state index contributed by atoms with van der Waals surface area (Å²) >= 11 is 0. The fourth-order valence-electron chi connectivity index (χ4n) is 3.88. The van der Waals surface area contributed by atoms with Crippen molar-refractivity contribution >= 4 is 28.5 Å². The number of nitrogens with two attached hydrogens (primary N) is 1. The molecule has 0 saturated carbocycles. The van der Waals surface area contributed by atoms with Gasteiger partial charge in [-0.15, -0.1) is 0 Å². The van der Waals surface area contributed by atoms with Gasteiger partial charge in [-0.25, -0.2) is 4.39 Å². The van der Waals surface area contributed by atoms with Gasteiger partial charge in [0.05, 0.1) is 17.1 Å². The van der Waals surface area contributed by atoms with E-state index in [1.165, 1.54) is 6.07 Å². The number of rotatable bonds is 6. The summed E-state index contributed by atoms with van der Waals surface area (Å²) in [6.45, 7) is 8.19. The average Bonchev–Trinajstić information content (AvgIpc) is 2.81. The minimum Gasteiger partial charge on any atom is -0.397 e. The second-order valence-corrected chi connectivity index (χ2v) is 7.94. The zero-order chi connectivity index (χ0) is 22.5. The third-order valence-electron chi connectivity index (χ3n) is 5.74. The molecule has 1 aliphatic heterocycles. The first-order valence-electron chi connectivity index (χ1n) is 10.7. The second kappa shape index (κ2) is 9.66. The Balaban J connectivity index is 1.31. The van der Waals surface area contributed by atoms with Gasteiger partial charge in [0.25, 0.3) is 5.91 Å². The predicted molar refractivity (Wildman–Crippen MR) is 129 cm³/mol. The molecule has 0 atom stereocenters. The van der Waals surface area contributed by atoms with E-state index in [0.717, 1.165) is 43.9 Å². The highest BCUT2D eigenvalue weighted by molar-refractivity contribution is 6.05. The van der Waals surface area contributed by atoms with Crippen LogP contribution in [0.25, 0.3) is 5.57 Å². The smallest absolute Gasteiger partial charge is 0.255 e. The van der Waals surface area contributed by atoms with Crippen molar-refractivity contribution < 1.29 is 9.18 Å². The van der Waals surface area contributed by atoms with Crippen molar-refractivity contribution in [2.75, 3.05) is 48.7 Å². The van der Waals surface area contributed by atoms with Crippen LogP contribution < -0.4 is 16.0 Å². The monoisotopic (exact) mass is 430 g/mol. The first-order chi connectivity index (χ1) is 15.5. The molecule has 1 aliphatic rings. The molecule has 1 fully saturated rings. The van der Waals surface area contributed by atoms with E-state index in [4.69, 9.17) is 5.73 Å². The molecule has 3 N–H and O–H groups in total. The highest BCUT2D eigenvalue weighted by Gasteiger charge is 2.20. The van der Waals surface area contributed by atoms with E-state index in [0.29, 0.717) is 22.6 Å². The number of para-hydroxylation sites is 3. The van der Waals surface area contributed by atoms with Crippen LogP contribution in [0.1, 0.15) is 15.9 Å². The van der Waals surface area contributed by atoms with E-state index < -0.39 is 0 Å². The number of hydrogen-bond acceptors (Lipinski definition) is 4. The van der Waals surface area contributed by atoms with Gasteiger partial charge < -0.3 is 16.0 Å². The molecule has 1 heterocycles. The maximum atomic E-state index is 14.0. The van der Waals surface area contributed by atoms with E-state index >= 15 is 0 Å². The zero-order valence-corrected chi connectivity index (χ0v) is 17.9. The molecule has 3 aromatic rings. The van der Waals surface area contributed by atoms with Gasteiger partial charge in [0.1, 0.15) is 5.82 Å². The van der Waals surface area contributed by atoms with Gasteiger partial charge in [-0.2, -0.15) is 0 Å². The Kier molecular flexibility index (Phi) is 6.52. The Labute approximate surface area is 188 Å². The molecule has 0 unspecified atom stereocenters. The van der Waals surface area contributed by atoms with E-state index in [9.17, 15) is 9.18 Å². The quantitative estimate of drug-likeness (QED) is 0.566. The number of halogens is 1. The third-order valence-corrected chi connectivity index (χ3v) is 5.74. The van der Waals surface area contributed by atoms with Gasteiger partial charge in [-0.05, 0) is 47.5 Å². The van der Waals surface area contributed by atoms with Gasteiger partial charge in [0.15, 0.2) is 0 Å². The molecular weight excluding hydrogens is 403 g/mol. The van der Waals surface area contributed by atoms with Crippen LogP contribution in [0, 0.1) is 5.82 Å². The van der Waals surface area contributed by atoms with E-state index in [1.807, 2.05) is 36.4 Å². The van der Waals surface area contributed by atoms with Gasteiger partial charge in [0.2, 0.25) is 0 Å². The summed E-state index contributed by atoms with van der Waals surface area (Å²) in [7, 11) is 0. The first kappa shape index (κ1) is 21.6. The molecule has 4 rings (SSSR count). The molecule has 164 valence electrons. The maximum absolute atomic E-state index is 14.0. The van der Waals surface area contributed by atoms with Crippen LogP contribution in [-0.4, -0.2) is 43.5 Å². The molecule has 0 bridgehead atoms. The highest BCUT2D eigenvalue weighted by Crippen LogP contribution is 2.22. The Morgan fingerprint density at radius 2 is 1.53 bits per heavy atom. The summed E-state index contributed by atoms with van der Waals surface area (Å²) in [5.74, 6) is -0.381. The lowest BCUT2D eigenvalue weighted by Crippen LogP contribution is -2.47. The van der Waals surface area contributed by atoms with Gasteiger partial charge in [0, 0.05) is 38.3 Å². The summed E-state index contributed by atoms with van der Waals surface area (Å²) in [6.07, 6.45) is 0. The largest absolute Gasteiger partial charge is 0.397 e. The molecular formula is C26H27FN4O.